The molecule has 1 aliphatic heterocycles. The van der Waals surface area contributed by atoms with E-state index in [0.717, 1.165) is 127 Å². The van der Waals surface area contributed by atoms with Gasteiger partial charge in [0.05, 0.1) is 57.3 Å². The van der Waals surface area contributed by atoms with E-state index in [1.54, 1.807) is 4.68 Å². The maximum absolute atomic E-state index is 14.0. The molecule has 16 heteroatoms. The molecule has 1 aromatic heterocycles. The molecule has 526 valence electrons. The summed E-state index contributed by atoms with van der Waals surface area (Å²) >= 11 is 0. The van der Waals surface area contributed by atoms with Gasteiger partial charge in [-0.3, -0.25) is 4.79 Å². The number of hydrogen-bond donors (Lipinski definition) is 2. The molecule has 2 heterocycles. The summed E-state index contributed by atoms with van der Waals surface area (Å²) in [5.41, 5.74) is 5.12. The Bertz CT molecular complexity index is 2520. The van der Waals surface area contributed by atoms with Crippen LogP contribution in [-0.2, 0) is 41.6 Å². The molecule has 7 fully saturated rings. The zero-order valence-corrected chi connectivity index (χ0v) is 61.8. The number of nitrogens with one attached hydrogen (secondary N) is 2. The lowest BCUT2D eigenvalue weighted by Gasteiger charge is -2.58. The van der Waals surface area contributed by atoms with E-state index < -0.39 is 0 Å². The standard InChI is InChI=1S/C77H128N6O8S2/c1-51(2)17-13-19-54(7)63-25-27-65-61-23-21-56-45-59(29-34-74(56,9)67(61)31-36-76(63,65)11)90-72(85)78-38-15-40-82(71(84)33-43-87-44-42-83-47-58(80-81-83)48-88-69-49-92-93-50-70(69)89-53(5)6)41-16-39-79-73(86)91-60-30-35-75(10)57(46-60)22-24-62-66-28-26-64(55(8)20-14-18-52(3)4)77(66,12)37-32-68(62)75/h21-22,47,51-55,59-70H,13-20,23-46,48-50H2,1-12H3,(H,78,85)(H,79,86)/t54-,55-,59+,60+,61?,62?,63?,64?,65?,66?,67?,68?,69?,70?,74+,75+,76-,77-/m1/s1. The number of ether oxygens (including phenoxy) is 5. The Kier molecular flexibility index (Phi) is 25.8. The molecule has 9 aliphatic rings. The van der Waals surface area contributed by atoms with Gasteiger partial charge >= 0.3 is 12.2 Å². The number of allylic oxidation sites excluding steroid dienone is 2. The highest BCUT2D eigenvalue weighted by Gasteiger charge is 2.61. The Morgan fingerprint density at radius 1 is 0.624 bits per heavy atom. The number of aromatic nitrogens is 3. The van der Waals surface area contributed by atoms with E-state index >= 15 is 0 Å². The lowest BCUT2D eigenvalue weighted by Crippen LogP contribution is -2.51. The fourth-order valence-electron chi connectivity index (χ4n) is 21.5. The van der Waals surface area contributed by atoms with Crippen molar-refractivity contribution in [3.05, 3.63) is 35.2 Å². The first kappa shape index (κ1) is 72.9. The monoisotopic (exact) mass is 1330 g/mol. The highest BCUT2D eigenvalue weighted by molar-refractivity contribution is 8.76. The minimum atomic E-state index is -0.373. The zero-order chi connectivity index (χ0) is 66.1. The van der Waals surface area contributed by atoms with Crippen LogP contribution in [0.25, 0.3) is 0 Å². The Labute approximate surface area is 571 Å². The molecule has 10 unspecified atom stereocenters. The zero-order valence-electron chi connectivity index (χ0n) is 60.2. The van der Waals surface area contributed by atoms with Crippen molar-refractivity contribution in [2.24, 2.45) is 92.7 Å². The number of amides is 3. The Morgan fingerprint density at radius 3 is 1.65 bits per heavy atom. The number of nitrogens with zero attached hydrogens (tertiary/aromatic N) is 4. The van der Waals surface area contributed by atoms with E-state index in [2.05, 4.69) is 116 Å². The smallest absolute Gasteiger partial charge is 0.407 e. The predicted molar refractivity (Wildman–Crippen MR) is 377 cm³/mol. The molecule has 93 heavy (non-hydrogen) atoms. The fraction of sp³-hybridized carbons (Fsp3) is 0.883. The van der Waals surface area contributed by atoms with Crippen LogP contribution in [0.4, 0.5) is 9.59 Å². The summed E-state index contributed by atoms with van der Waals surface area (Å²) in [6.07, 6.45) is 34.8. The summed E-state index contributed by atoms with van der Waals surface area (Å²) < 4.78 is 32.5. The molecule has 0 bridgehead atoms. The van der Waals surface area contributed by atoms with Gasteiger partial charge in [0, 0.05) is 50.5 Å². The third-order valence-corrected chi connectivity index (χ3v) is 28.9. The van der Waals surface area contributed by atoms with Gasteiger partial charge in [0.25, 0.3) is 0 Å². The van der Waals surface area contributed by atoms with Gasteiger partial charge in [-0.1, -0.05) is 158 Å². The molecular weight excluding hydrogens is 1200 g/mol. The van der Waals surface area contributed by atoms with Crippen LogP contribution in [0, 0.1) is 92.7 Å². The van der Waals surface area contributed by atoms with E-state index in [1.807, 2.05) is 32.7 Å². The van der Waals surface area contributed by atoms with Gasteiger partial charge in [-0.15, -0.1) is 5.10 Å². The topological polar surface area (TPSA) is 155 Å². The van der Waals surface area contributed by atoms with Crippen molar-refractivity contribution < 1.29 is 38.1 Å². The van der Waals surface area contributed by atoms with Crippen molar-refractivity contribution in [3.8, 4) is 0 Å². The molecule has 1 saturated heterocycles. The average molecular weight is 1330 g/mol. The second-order valence-corrected chi connectivity index (χ2v) is 36.1. The highest BCUT2D eigenvalue weighted by Crippen LogP contribution is 2.69. The molecule has 3 amide bonds. The van der Waals surface area contributed by atoms with Gasteiger partial charge in [-0.05, 0) is 209 Å². The van der Waals surface area contributed by atoms with Crippen LogP contribution in [0.5, 0.6) is 0 Å². The van der Waals surface area contributed by atoms with Crippen LogP contribution in [0.15, 0.2) is 29.5 Å². The number of carbonyl (C=O) groups is 3. The van der Waals surface area contributed by atoms with Crippen molar-refractivity contribution in [2.45, 2.75) is 287 Å². The van der Waals surface area contributed by atoms with Crippen LogP contribution in [0.3, 0.4) is 0 Å². The summed E-state index contributed by atoms with van der Waals surface area (Å²) in [4.78, 5) is 42.8. The number of carbonyl (C=O) groups excluding carboxylic acids is 3. The van der Waals surface area contributed by atoms with Crippen molar-refractivity contribution in [1.29, 1.82) is 0 Å². The Morgan fingerprint density at radius 2 is 1.14 bits per heavy atom. The number of rotatable bonds is 31. The second kappa shape index (κ2) is 32.9. The molecule has 8 aliphatic carbocycles. The normalized spacial score (nSPS) is 35.3. The van der Waals surface area contributed by atoms with Crippen molar-refractivity contribution in [1.82, 2.24) is 30.5 Å². The van der Waals surface area contributed by atoms with Gasteiger partial charge < -0.3 is 39.2 Å². The summed E-state index contributed by atoms with van der Waals surface area (Å²) in [6, 6.07) is 0. The molecular formula is C77H128N6O8S2. The first-order valence-electron chi connectivity index (χ1n) is 38.1. The van der Waals surface area contributed by atoms with E-state index in [0.29, 0.717) is 69.6 Å². The van der Waals surface area contributed by atoms with Crippen LogP contribution in [-0.4, -0.2) is 119 Å². The number of fused-ring (bicyclic) bond motifs is 10. The summed E-state index contributed by atoms with van der Waals surface area (Å²) in [5, 5.41) is 14.7. The van der Waals surface area contributed by atoms with Crippen molar-refractivity contribution in [3.63, 3.8) is 0 Å². The first-order chi connectivity index (χ1) is 44.6. The van der Waals surface area contributed by atoms with E-state index in [9.17, 15) is 14.4 Å². The minimum absolute atomic E-state index is 0.00261. The summed E-state index contributed by atoms with van der Waals surface area (Å²) in [6.45, 7) is 32.4. The van der Waals surface area contributed by atoms with Gasteiger partial charge in [-0.2, -0.15) is 0 Å². The molecule has 2 N–H and O–H groups in total. The van der Waals surface area contributed by atoms with Crippen LogP contribution in [0.1, 0.15) is 249 Å². The molecule has 0 spiro atoms. The van der Waals surface area contributed by atoms with Crippen LogP contribution >= 0.6 is 21.6 Å². The summed E-state index contributed by atoms with van der Waals surface area (Å²) in [5.74, 6) is 11.3. The Hall–Kier alpha value is -2.79. The molecule has 1 aromatic rings. The van der Waals surface area contributed by atoms with Gasteiger partial charge in [-0.25, -0.2) is 14.3 Å². The SMILES string of the molecule is CC(C)CCC[C@@H](C)C1CCC2C3CC=C4C[C@@H](OC(=O)NCCCN(CCCNC(=O)O[C@H]5CC[C@@]6(C)C(=CCC7C8CCC([C@H](C)CCCC(C)C)[C@@]8(C)CCC76)C5)C(=O)CCOCCn5cc(COC6CSSCC6OC(C)C)nn5)CC[C@]4(C)C3CC[C@@]21C. The van der Waals surface area contributed by atoms with E-state index in [1.165, 1.54) is 114 Å². The number of alkyl carbamates (subject to hydrolysis) is 2. The van der Waals surface area contributed by atoms with Gasteiger partial charge in [0.1, 0.15) is 17.9 Å². The molecule has 0 aromatic carbocycles. The van der Waals surface area contributed by atoms with Crippen molar-refractivity contribution in [2.75, 3.05) is 50.9 Å². The third-order valence-electron chi connectivity index (χ3n) is 26.5. The second-order valence-electron chi connectivity index (χ2n) is 33.5. The maximum atomic E-state index is 14.0. The quantitative estimate of drug-likeness (QED) is 0.0413. The highest BCUT2D eigenvalue weighted by atomic mass is 33.1. The lowest BCUT2D eigenvalue weighted by atomic mass is 9.47. The van der Waals surface area contributed by atoms with E-state index in [4.69, 9.17) is 23.7 Å². The molecule has 14 nitrogen and oxygen atoms in total. The average Bonchev–Trinajstić information content (AvgIpc) is 1.70. The van der Waals surface area contributed by atoms with Crippen LogP contribution < -0.4 is 10.6 Å². The Balaban J connectivity index is 0.670. The molecule has 6 saturated carbocycles. The van der Waals surface area contributed by atoms with Crippen molar-refractivity contribution >= 4 is 39.7 Å². The molecule has 0 radical (unpaired) electrons. The molecule has 18 atom stereocenters. The largest absolute Gasteiger partial charge is 0.446 e. The third kappa shape index (κ3) is 17.6. The lowest BCUT2D eigenvalue weighted by molar-refractivity contribution is -0.132. The summed E-state index contributed by atoms with van der Waals surface area (Å²) in [7, 11) is 3.64. The fourth-order valence-corrected chi connectivity index (χ4v) is 24.0. The first-order valence-corrected chi connectivity index (χ1v) is 40.6. The molecule has 10 rings (SSSR count). The van der Waals surface area contributed by atoms with Crippen LogP contribution in [0.2, 0.25) is 0 Å². The number of hydrogen-bond acceptors (Lipinski definition) is 12. The minimum Gasteiger partial charge on any atom is -0.446 e. The predicted octanol–water partition coefficient (Wildman–Crippen LogP) is 17.6. The van der Waals surface area contributed by atoms with Gasteiger partial charge in [0.2, 0.25) is 5.91 Å². The van der Waals surface area contributed by atoms with Gasteiger partial charge in [0.15, 0.2) is 0 Å². The van der Waals surface area contributed by atoms with E-state index in [-0.39, 0.29) is 72.5 Å². The maximum Gasteiger partial charge on any atom is 0.407 e.